The first-order valence-electron chi connectivity index (χ1n) is 11.6. The van der Waals surface area contributed by atoms with Crippen molar-refractivity contribution in [1.29, 1.82) is 0 Å². The first-order chi connectivity index (χ1) is 14.7. The second-order valence-electron chi connectivity index (χ2n) is 10.5. The third-order valence-corrected chi connectivity index (χ3v) is 8.24. The molecule has 2 nitrogen and oxygen atoms in total. The van der Waals surface area contributed by atoms with E-state index in [1.807, 2.05) is 0 Å². The van der Waals surface area contributed by atoms with E-state index in [0.717, 1.165) is 6.42 Å². The first kappa shape index (κ1) is 20.3. The Morgan fingerprint density at radius 1 is 0.968 bits per heavy atom. The van der Waals surface area contributed by atoms with Gasteiger partial charge in [-0.05, 0) is 74.9 Å². The molecule has 2 aliphatic heterocycles. The molecule has 0 radical (unpaired) electrons. The fourth-order valence-corrected chi connectivity index (χ4v) is 6.36. The molecule has 0 spiro atoms. The van der Waals surface area contributed by atoms with Crippen LogP contribution >= 0.6 is 0 Å². The van der Waals surface area contributed by atoms with E-state index < -0.39 is 0 Å². The number of benzene rings is 2. The van der Waals surface area contributed by atoms with Gasteiger partial charge in [-0.3, -0.25) is 0 Å². The lowest BCUT2D eigenvalue weighted by Crippen LogP contribution is -2.36. The number of allylic oxidation sites excluding steroid dienone is 4. The molecule has 0 N–H and O–H groups in total. The Morgan fingerprint density at radius 2 is 1.68 bits per heavy atom. The molecule has 1 saturated carbocycles. The highest BCUT2D eigenvalue weighted by atomic mass is 15.2. The van der Waals surface area contributed by atoms with Gasteiger partial charge < -0.3 is 4.90 Å². The fraction of sp³-hybridized carbons (Fsp3) is 0.414. The molecule has 2 heteroatoms. The topological polar surface area (TPSA) is 6.25 Å². The van der Waals surface area contributed by atoms with E-state index in [-0.39, 0.29) is 10.8 Å². The van der Waals surface area contributed by atoms with Gasteiger partial charge in [0, 0.05) is 41.1 Å². The lowest BCUT2D eigenvalue weighted by molar-refractivity contribution is -0.402. The predicted molar refractivity (Wildman–Crippen MR) is 132 cm³/mol. The van der Waals surface area contributed by atoms with Crippen LogP contribution in [0.5, 0.6) is 0 Å². The molecule has 2 aromatic rings. The van der Waals surface area contributed by atoms with Crippen molar-refractivity contribution >= 4 is 17.1 Å². The largest absolute Gasteiger partial charge is 0.347 e. The van der Waals surface area contributed by atoms with Crippen molar-refractivity contribution in [2.45, 2.75) is 64.7 Å². The smallest absolute Gasteiger partial charge is 0.209 e. The third-order valence-electron chi connectivity index (χ3n) is 8.24. The van der Waals surface area contributed by atoms with E-state index in [9.17, 15) is 0 Å². The van der Waals surface area contributed by atoms with Gasteiger partial charge in [-0.1, -0.05) is 38.1 Å². The van der Waals surface area contributed by atoms with Gasteiger partial charge in [0.2, 0.25) is 5.69 Å². The molecule has 5 rings (SSSR count). The van der Waals surface area contributed by atoms with Gasteiger partial charge in [-0.2, -0.15) is 4.58 Å². The lowest BCUT2D eigenvalue weighted by atomic mass is 9.68. The van der Waals surface area contributed by atoms with E-state index in [0.29, 0.717) is 0 Å². The van der Waals surface area contributed by atoms with Crippen molar-refractivity contribution < 1.29 is 4.58 Å². The molecule has 3 aliphatic rings. The second kappa shape index (κ2) is 6.69. The van der Waals surface area contributed by atoms with Crippen LogP contribution in [0.2, 0.25) is 0 Å². The van der Waals surface area contributed by atoms with Crippen LogP contribution in [0.4, 0.5) is 11.4 Å². The summed E-state index contributed by atoms with van der Waals surface area (Å²) in [4.78, 5) is 2.37. The Morgan fingerprint density at radius 3 is 2.42 bits per heavy atom. The number of hydrogen-bond donors (Lipinski definition) is 0. The van der Waals surface area contributed by atoms with Crippen LogP contribution in [0.1, 0.15) is 62.3 Å². The molecule has 0 amide bonds. The highest BCUT2D eigenvalue weighted by molar-refractivity contribution is 6.08. The first-order valence-corrected chi connectivity index (χ1v) is 11.6. The maximum absolute atomic E-state index is 2.48. The van der Waals surface area contributed by atoms with Crippen molar-refractivity contribution in [2.24, 2.45) is 0 Å². The summed E-state index contributed by atoms with van der Waals surface area (Å²) in [5.74, 6) is 0. The molecule has 1 unspecified atom stereocenters. The van der Waals surface area contributed by atoms with Crippen molar-refractivity contribution in [2.75, 3.05) is 19.0 Å². The summed E-state index contributed by atoms with van der Waals surface area (Å²) in [5, 5.41) is 0. The summed E-state index contributed by atoms with van der Waals surface area (Å²) in [6, 6.07) is 13.7. The zero-order chi connectivity index (χ0) is 22.1. The van der Waals surface area contributed by atoms with Gasteiger partial charge in [-0.15, -0.1) is 0 Å². The van der Waals surface area contributed by atoms with Crippen molar-refractivity contribution in [1.82, 2.24) is 0 Å². The Labute approximate surface area is 187 Å². The normalized spacial score (nSPS) is 26.5. The van der Waals surface area contributed by atoms with E-state index >= 15 is 0 Å². The quantitative estimate of drug-likeness (QED) is 0.473. The van der Waals surface area contributed by atoms with Gasteiger partial charge in [0.1, 0.15) is 7.05 Å². The minimum atomic E-state index is 0.0177. The molecule has 0 saturated heterocycles. The van der Waals surface area contributed by atoms with Crippen LogP contribution in [-0.4, -0.2) is 24.4 Å². The van der Waals surface area contributed by atoms with Crippen LogP contribution in [-0.2, 0) is 10.8 Å². The highest BCUT2D eigenvalue weighted by Gasteiger charge is 2.51. The molecule has 31 heavy (non-hydrogen) atoms. The minimum absolute atomic E-state index is 0.0177. The molecular weight excluding hydrogens is 376 g/mol. The maximum Gasteiger partial charge on any atom is 0.209 e. The summed E-state index contributed by atoms with van der Waals surface area (Å²) in [6.07, 6.45) is 8.44. The van der Waals surface area contributed by atoms with Gasteiger partial charge in [-0.25, -0.2) is 0 Å². The van der Waals surface area contributed by atoms with Crippen molar-refractivity contribution in [3.8, 4) is 0 Å². The second-order valence-corrected chi connectivity index (χ2v) is 10.5. The SMILES string of the molecule is Cc1cc2c(cc1C)C1(C)CCC/C(=C/C=C3\N(C)c4ccccc4C3(C)C)C1=[N+]2C. The summed E-state index contributed by atoms with van der Waals surface area (Å²) < 4.78 is 2.48. The zero-order valence-electron chi connectivity index (χ0n) is 20.1. The summed E-state index contributed by atoms with van der Waals surface area (Å²) in [5.41, 5.74) is 12.9. The number of likely N-dealkylation sites (N-methyl/N-ethyl adjacent to an activating group) is 1. The van der Waals surface area contributed by atoms with Crippen LogP contribution < -0.4 is 4.90 Å². The van der Waals surface area contributed by atoms with E-state index in [4.69, 9.17) is 0 Å². The summed E-state index contributed by atoms with van der Waals surface area (Å²) in [6.45, 7) is 11.6. The lowest BCUT2D eigenvalue weighted by Gasteiger charge is -2.30. The van der Waals surface area contributed by atoms with E-state index in [1.54, 1.807) is 0 Å². The highest BCUT2D eigenvalue weighted by Crippen LogP contribution is 2.50. The molecule has 2 aromatic carbocycles. The molecule has 160 valence electrons. The molecular formula is C29H35N2+. The summed E-state index contributed by atoms with van der Waals surface area (Å²) in [7, 11) is 4.47. The molecule has 2 heterocycles. The number of anilines is 1. The number of hydrogen-bond acceptors (Lipinski definition) is 1. The van der Waals surface area contributed by atoms with Gasteiger partial charge in [0.15, 0.2) is 5.71 Å². The average Bonchev–Trinajstić information content (AvgIpc) is 3.07. The fourth-order valence-electron chi connectivity index (χ4n) is 6.36. The molecule has 1 fully saturated rings. The number of para-hydroxylation sites is 1. The zero-order valence-corrected chi connectivity index (χ0v) is 20.1. The molecule has 1 atom stereocenters. The van der Waals surface area contributed by atoms with Crippen molar-refractivity contribution in [3.63, 3.8) is 0 Å². The third kappa shape index (κ3) is 2.73. The predicted octanol–water partition coefficient (Wildman–Crippen LogP) is 6.71. The van der Waals surface area contributed by atoms with Crippen molar-refractivity contribution in [3.05, 3.63) is 82.1 Å². The number of fused-ring (bicyclic) bond motifs is 4. The van der Waals surface area contributed by atoms with E-state index in [1.165, 1.54) is 63.5 Å². The molecule has 0 aromatic heterocycles. The van der Waals surface area contributed by atoms with Crippen LogP contribution in [0.15, 0.2) is 59.8 Å². The van der Waals surface area contributed by atoms with Gasteiger partial charge in [0.05, 0.1) is 5.41 Å². The number of rotatable bonds is 1. The van der Waals surface area contributed by atoms with Crippen LogP contribution in [0.25, 0.3) is 0 Å². The Kier molecular flexibility index (Phi) is 4.38. The monoisotopic (exact) mass is 411 g/mol. The Balaban J connectivity index is 1.61. The van der Waals surface area contributed by atoms with Gasteiger partial charge in [0.25, 0.3) is 0 Å². The van der Waals surface area contributed by atoms with Crippen LogP contribution in [0, 0.1) is 13.8 Å². The maximum atomic E-state index is 2.48. The summed E-state index contributed by atoms with van der Waals surface area (Å²) >= 11 is 0. The Hall–Kier alpha value is -2.61. The number of nitrogens with zero attached hydrogens (tertiary/aromatic N) is 2. The van der Waals surface area contributed by atoms with E-state index in [2.05, 4.69) is 107 Å². The number of aryl methyl sites for hydroxylation is 2. The van der Waals surface area contributed by atoms with Gasteiger partial charge >= 0.3 is 0 Å². The molecule has 1 aliphatic carbocycles. The minimum Gasteiger partial charge on any atom is -0.347 e. The van der Waals surface area contributed by atoms with Crippen LogP contribution in [0.3, 0.4) is 0 Å². The Bertz CT molecular complexity index is 1190. The average molecular weight is 412 g/mol. The molecule has 0 bridgehead atoms. The standard InChI is InChI=1S/C29H35N2/c1-19-17-23-25(18-20(19)2)31(7)27-21(11-10-16-29(23,27)5)14-15-26-28(3,4)22-12-8-9-13-24(22)30(26)6/h8-9,12-15,17-18H,10-11,16H2,1-7H3/q+1.